The number of aromatic hydroxyl groups is 2. The predicted molar refractivity (Wildman–Crippen MR) is 192 cm³/mol. The topological polar surface area (TPSA) is 249 Å². The number of nitrogens with one attached hydrogen (secondary N) is 4. The Kier molecular flexibility index (Phi) is 9.26. The fraction of sp³-hybridized carbons (Fsp3) is 0. The van der Waals surface area contributed by atoms with Gasteiger partial charge in [0, 0.05) is 67.6 Å². The maximum Gasteiger partial charge on any atom is 0.323 e. The fourth-order valence-electron chi connectivity index (χ4n) is 5.45. The average Bonchev–Trinajstić information content (AvgIpc) is 3.07. The lowest BCUT2D eigenvalue weighted by molar-refractivity contribution is 0.101. The minimum atomic E-state index is -4.64. The van der Waals surface area contributed by atoms with Gasteiger partial charge in [-0.05, 0) is 60.7 Å². The third-order valence-corrected chi connectivity index (χ3v) is 9.53. The summed E-state index contributed by atoms with van der Waals surface area (Å²) in [4.78, 5) is 38.1. The highest BCUT2D eigenvalue weighted by Crippen LogP contribution is 2.35. The van der Waals surface area contributed by atoms with E-state index in [9.17, 15) is 50.5 Å². The summed E-state index contributed by atoms with van der Waals surface area (Å²) in [5, 5.41) is 31.4. The standard InChI is InChI=1S/C35H26N4O11S2/c40-29-17-23(15-27-25(29)9-3-11-31(27)51(45,46)47)36-33(42)19-5-1-7-21(13-19)38-35(44)39-22-8-2-6-20(14-22)34(43)37-24-16-28-26(30(41)18-24)10-4-12-32(28)52(48,49)50/h1-18,40-41H,(H,36,42)(H,37,43)(H2,38,39,44)(H,45,46,47)(H,48,49,50). The summed E-state index contributed by atoms with van der Waals surface area (Å²) in [6.07, 6.45) is 0. The van der Waals surface area contributed by atoms with Gasteiger partial charge in [0.15, 0.2) is 0 Å². The number of phenols is 2. The molecule has 0 aliphatic carbocycles. The van der Waals surface area contributed by atoms with Gasteiger partial charge in [0.2, 0.25) is 0 Å². The van der Waals surface area contributed by atoms with Crippen LogP contribution in [-0.2, 0) is 20.2 Å². The van der Waals surface area contributed by atoms with Crippen molar-refractivity contribution in [3.8, 4) is 11.5 Å². The molecule has 4 amide bonds. The highest BCUT2D eigenvalue weighted by atomic mass is 32.2. The summed E-state index contributed by atoms with van der Waals surface area (Å²) < 4.78 is 66.6. The van der Waals surface area contributed by atoms with Crippen LogP contribution in [0.5, 0.6) is 11.5 Å². The second-order valence-electron chi connectivity index (χ2n) is 11.3. The van der Waals surface area contributed by atoms with Crippen LogP contribution in [0.3, 0.4) is 0 Å². The molecule has 264 valence electrons. The Bertz CT molecular complexity index is 2500. The van der Waals surface area contributed by atoms with Gasteiger partial charge in [-0.2, -0.15) is 16.8 Å². The number of hydrogen-bond acceptors (Lipinski definition) is 9. The molecule has 52 heavy (non-hydrogen) atoms. The van der Waals surface area contributed by atoms with Crippen LogP contribution in [0, 0.1) is 0 Å². The van der Waals surface area contributed by atoms with E-state index in [1.165, 1.54) is 97.1 Å². The van der Waals surface area contributed by atoms with E-state index in [-0.39, 0.29) is 66.9 Å². The minimum absolute atomic E-state index is 0.0174. The Morgan fingerprint density at radius 3 is 1.21 bits per heavy atom. The van der Waals surface area contributed by atoms with Gasteiger partial charge in [-0.15, -0.1) is 0 Å². The van der Waals surface area contributed by atoms with Crippen LogP contribution in [0.25, 0.3) is 21.5 Å². The molecule has 0 fully saturated rings. The van der Waals surface area contributed by atoms with Crippen molar-refractivity contribution < 1.29 is 50.5 Å². The molecule has 0 saturated heterocycles. The third kappa shape index (κ3) is 7.62. The van der Waals surface area contributed by atoms with Crippen LogP contribution < -0.4 is 21.3 Å². The lowest BCUT2D eigenvalue weighted by Gasteiger charge is -2.12. The van der Waals surface area contributed by atoms with Crippen molar-refractivity contribution in [1.82, 2.24) is 0 Å². The van der Waals surface area contributed by atoms with E-state index in [0.29, 0.717) is 0 Å². The molecule has 0 heterocycles. The second kappa shape index (κ2) is 13.6. The number of phenolic OH excluding ortho intramolecular Hbond substituents is 2. The van der Waals surface area contributed by atoms with Gasteiger partial charge in [-0.1, -0.05) is 36.4 Å². The molecular formula is C35H26N4O11S2. The van der Waals surface area contributed by atoms with E-state index in [1.54, 1.807) is 0 Å². The summed E-state index contributed by atoms with van der Waals surface area (Å²) in [6, 6.07) is 23.8. The van der Waals surface area contributed by atoms with E-state index in [0.717, 1.165) is 12.1 Å². The van der Waals surface area contributed by atoms with Crippen molar-refractivity contribution in [2.45, 2.75) is 9.79 Å². The van der Waals surface area contributed by atoms with Crippen LogP contribution in [0.4, 0.5) is 27.5 Å². The number of hydrogen-bond donors (Lipinski definition) is 8. The molecule has 17 heteroatoms. The van der Waals surface area contributed by atoms with E-state index in [1.807, 2.05) is 0 Å². The van der Waals surface area contributed by atoms with Crippen molar-refractivity contribution in [2.75, 3.05) is 21.3 Å². The van der Waals surface area contributed by atoms with Gasteiger partial charge < -0.3 is 31.5 Å². The Morgan fingerprint density at radius 1 is 0.442 bits per heavy atom. The molecule has 0 spiro atoms. The van der Waals surface area contributed by atoms with Crippen LogP contribution in [0.15, 0.2) is 119 Å². The van der Waals surface area contributed by atoms with Crippen LogP contribution in [0.1, 0.15) is 20.7 Å². The maximum absolute atomic E-state index is 13.1. The fourth-order valence-corrected chi connectivity index (χ4v) is 6.84. The zero-order valence-electron chi connectivity index (χ0n) is 26.4. The number of carbonyl (C=O) groups excluding carboxylic acids is 3. The quantitative estimate of drug-likeness (QED) is 0.0834. The van der Waals surface area contributed by atoms with Gasteiger partial charge in [-0.3, -0.25) is 18.7 Å². The summed E-state index contributed by atoms with van der Waals surface area (Å²) >= 11 is 0. The van der Waals surface area contributed by atoms with Crippen molar-refractivity contribution in [2.24, 2.45) is 0 Å². The number of urea groups is 1. The number of amides is 4. The molecule has 6 aromatic carbocycles. The third-order valence-electron chi connectivity index (χ3n) is 7.71. The van der Waals surface area contributed by atoms with Crippen LogP contribution >= 0.6 is 0 Å². The Morgan fingerprint density at radius 2 is 0.827 bits per heavy atom. The van der Waals surface area contributed by atoms with Gasteiger partial charge in [-0.25, -0.2) is 4.79 Å². The number of carbonyl (C=O) groups is 3. The average molecular weight is 743 g/mol. The smallest absolute Gasteiger partial charge is 0.323 e. The van der Waals surface area contributed by atoms with Gasteiger partial charge in [0.05, 0.1) is 0 Å². The van der Waals surface area contributed by atoms with Gasteiger partial charge in [0.25, 0.3) is 32.1 Å². The molecule has 0 aromatic heterocycles. The van der Waals surface area contributed by atoms with Crippen LogP contribution in [0.2, 0.25) is 0 Å². The molecule has 6 rings (SSSR count). The number of fused-ring (bicyclic) bond motifs is 2. The monoisotopic (exact) mass is 742 g/mol. The van der Waals surface area contributed by atoms with Gasteiger partial charge >= 0.3 is 6.03 Å². The van der Waals surface area contributed by atoms with E-state index in [4.69, 9.17) is 0 Å². The lowest BCUT2D eigenvalue weighted by Crippen LogP contribution is -2.20. The van der Waals surface area contributed by atoms with Crippen molar-refractivity contribution in [1.29, 1.82) is 0 Å². The zero-order chi connectivity index (χ0) is 37.4. The normalized spacial score (nSPS) is 11.6. The molecule has 0 atom stereocenters. The first kappa shape index (κ1) is 35.3. The van der Waals surface area contributed by atoms with Crippen molar-refractivity contribution in [3.63, 3.8) is 0 Å². The molecule has 0 bridgehead atoms. The number of rotatable bonds is 8. The van der Waals surface area contributed by atoms with E-state index >= 15 is 0 Å². The molecule has 0 unspecified atom stereocenters. The first-order valence-electron chi connectivity index (χ1n) is 14.9. The van der Waals surface area contributed by atoms with E-state index < -0.39 is 47.9 Å². The second-order valence-corrected chi connectivity index (χ2v) is 14.1. The Hall–Kier alpha value is -6.53. The predicted octanol–water partition coefficient (Wildman–Crippen LogP) is 6.05. The molecule has 0 aliphatic rings. The minimum Gasteiger partial charge on any atom is -0.507 e. The molecule has 0 radical (unpaired) electrons. The summed E-state index contributed by atoms with van der Waals surface area (Å²) in [6.45, 7) is 0. The molecule has 0 saturated carbocycles. The van der Waals surface area contributed by atoms with Crippen molar-refractivity contribution >= 4 is 82.4 Å². The van der Waals surface area contributed by atoms with Crippen molar-refractivity contribution in [3.05, 3.63) is 120 Å². The molecular weight excluding hydrogens is 717 g/mol. The lowest BCUT2D eigenvalue weighted by atomic mass is 10.1. The SMILES string of the molecule is O=C(Nc1cccc(C(=O)Nc2cc(O)c3cccc(S(=O)(=O)O)c3c2)c1)Nc1cccc(C(=O)Nc2cc(O)c3cccc(S(=O)(=O)O)c3c2)c1. The zero-order valence-corrected chi connectivity index (χ0v) is 28.0. The first-order valence-corrected chi connectivity index (χ1v) is 17.8. The maximum atomic E-state index is 13.1. The summed E-state index contributed by atoms with van der Waals surface area (Å²) in [5.41, 5.74) is 0.645. The first-order chi connectivity index (χ1) is 24.6. The summed E-state index contributed by atoms with van der Waals surface area (Å²) in [7, 11) is -9.28. The highest BCUT2D eigenvalue weighted by molar-refractivity contribution is 7.86. The Balaban J connectivity index is 1.13. The molecule has 0 aliphatic heterocycles. The molecule has 8 N–H and O–H groups in total. The molecule has 6 aromatic rings. The summed E-state index contributed by atoms with van der Waals surface area (Å²) in [5.74, 6) is -2.01. The van der Waals surface area contributed by atoms with Crippen LogP contribution in [-0.4, -0.2) is 54.0 Å². The molecule has 15 nitrogen and oxygen atoms in total. The largest absolute Gasteiger partial charge is 0.507 e. The number of anilines is 4. The highest BCUT2D eigenvalue weighted by Gasteiger charge is 2.19. The van der Waals surface area contributed by atoms with Gasteiger partial charge in [0.1, 0.15) is 21.3 Å². The Labute approximate surface area is 295 Å². The van der Waals surface area contributed by atoms with E-state index in [2.05, 4.69) is 21.3 Å². The number of benzene rings is 6.